The third kappa shape index (κ3) is 3.75. The van der Waals surface area contributed by atoms with Crippen LogP contribution in [0.4, 0.5) is 0 Å². The molecular weight excluding hydrogens is 336 g/mol. The van der Waals surface area contributed by atoms with Crippen molar-refractivity contribution in [2.24, 2.45) is 0 Å². The summed E-state index contributed by atoms with van der Waals surface area (Å²) in [7, 11) is 0. The number of nitrogens with one attached hydrogen (secondary N) is 1. The summed E-state index contributed by atoms with van der Waals surface area (Å²) in [4.78, 5) is 12.4. The zero-order chi connectivity index (χ0) is 18.8. The highest BCUT2D eigenvalue weighted by Crippen LogP contribution is 2.25. The SMILES string of the molecule is Cc1cc(C)cc(C(=O)NCc2cc(-c3ccc4ccccc4c3)on2)c1. The first-order valence-electron chi connectivity index (χ1n) is 8.90. The smallest absolute Gasteiger partial charge is 0.251 e. The van der Waals surface area contributed by atoms with Crippen LogP contribution < -0.4 is 5.32 Å². The van der Waals surface area contributed by atoms with Crippen LogP contribution in [0.15, 0.2) is 71.3 Å². The van der Waals surface area contributed by atoms with Crippen molar-refractivity contribution in [3.63, 3.8) is 0 Å². The third-order valence-electron chi connectivity index (χ3n) is 4.51. The highest BCUT2D eigenvalue weighted by Gasteiger charge is 2.10. The summed E-state index contributed by atoms with van der Waals surface area (Å²) >= 11 is 0. The molecule has 1 N–H and O–H groups in total. The summed E-state index contributed by atoms with van der Waals surface area (Å²) in [6.45, 7) is 4.29. The number of hydrogen-bond donors (Lipinski definition) is 1. The molecular formula is C23H20N2O2. The highest BCUT2D eigenvalue weighted by atomic mass is 16.5. The number of carbonyl (C=O) groups is 1. The van der Waals surface area contributed by atoms with Gasteiger partial charge in [-0.3, -0.25) is 4.79 Å². The van der Waals surface area contributed by atoms with Crippen molar-refractivity contribution in [2.45, 2.75) is 20.4 Å². The van der Waals surface area contributed by atoms with E-state index >= 15 is 0 Å². The van der Waals surface area contributed by atoms with E-state index in [2.05, 4.69) is 34.7 Å². The molecule has 1 heterocycles. The van der Waals surface area contributed by atoms with Gasteiger partial charge in [-0.1, -0.05) is 58.7 Å². The monoisotopic (exact) mass is 356 g/mol. The Morgan fingerprint density at radius 3 is 2.44 bits per heavy atom. The maximum Gasteiger partial charge on any atom is 0.251 e. The van der Waals surface area contributed by atoms with E-state index in [1.807, 2.05) is 56.3 Å². The molecule has 27 heavy (non-hydrogen) atoms. The van der Waals surface area contributed by atoms with E-state index in [9.17, 15) is 4.79 Å². The topological polar surface area (TPSA) is 55.1 Å². The fraction of sp³-hybridized carbons (Fsp3) is 0.130. The fourth-order valence-corrected chi connectivity index (χ4v) is 3.25. The van der Waals surface area contributed by atoms with E-state index in [0.717, 1.165) is 22.1 Å². The number of aryl methyl sites for hydroxylation is 2. The number of amides is 1. The molecule has 0 aliphatic heterocycles. The molecule has 134 valence electrons. The lowest BCUT2D eigenvalue weighted by Gasteiger charge is -2.05. The molecule has 0 unspecified atom stereocenters. The number of carbonyl (C=O) groups excluding carboxylic acids is 1. The molecule has 4 heteroatoms. The molecule has 0 atom stereocenters. The van der Waals surface area contributed by atoms with Crippen molar-refractivity contribution in [3.8, 4) is 11.3 Å². The predicted molar refractivity (Wildman–Crippen MR) is 107 cm³/mol. The Balaban J connectivity index is 1.48. The van der Waals surface area contributed by atoms with Crippen LogP contribution in [-0.2, 0) is 6.54 Å². The lowest BCUT2D eigenvalue weighted by Crippen LogP contribution is -2.23. The first kappa shape index (κ1) is 17.0. The molecule has 0 saturated carbocycles. The van der Waals surface area contributed by atoms with E-state index in [0.29, 0.717) is 23.6 Å². The quantitative estimate of drug-likeness (QED) is 0.557. The molecule has 1 aromatic heterocycles. The van der Waals surface area contributed by atoms with Gasteiger partial charge in [0.2, 0.25) is 0 Å². The minimum Gasteiger partial charge on any atom is -0.356 e. The van der Waals surface area contributed by atoms with Crippen LogP contribution in [0, 0.1) is 13.8 Å². The molecule has 0 saturated heterocycles. The normalized spacial score (nSPS) is 10.9. The molecule has 0 aliphatic rings. The number of nitrogens with zero attached hydrogens (tertiary/aromatic N) is 1. The first-order chi connectivity index (χ1) is 13.1. The third-order valence-corrected chi connectivity index (χ3v) is 4.51. The van der Waals surface area contributed by atoms with Gasteiger partial charge < -0.3 is 9.84 Å². The second kappa shape index (κ2) is 7.08. The van der Waals surface area contributed by atoms with Crippen LogP contribution in [0.25, 0.3) is 22.1 Å². The lowest BCUT2D eigenvalue weighted by atomic mass is 10.1. The lowest BCUT2D eigenvalue weighted by molar-refractivity contribution is 0.0950. The summed E-state index contributed by atoms with van der Waals surface area (Å²) in [5.41, 5.74) is 4.45. The van der Waals surface area contributed by atoms with Crippen molar-refractivity contribution in [2.75, 3.05) is 0 Å². The van der Waals surface area contributed by atoms with E-state index in [4.69, 9.17) is 4.52 Å². The van der Waals surface area contributed by atoms with Crippen LogP contribution in [-0.4, -0.2) is 11.1 Å². The Morgan fingerprint density at radius 2 is 1.67 bits per heavy atom. The van der Waals surface area contributed by atoms with Crippen molar-refractivity contribution in [1.82, 2.24) is 10.5 Å². The highest BCUT2D eigenvalue weighted by molar-refractivity contribution is 5.94. The zero-order valence-corrected chi connectivity index (χ0v) is 15.3. The second-order valence-electron chi connectivity index (χ2n) is 6.80. The second-order valence-corrected chi connectivity index (χ2v) is 6.80. The zero-order valence-electron chi connectivity index (χ0n) is 15.3. The van der Waals surface area contributed by atoms with Crippen LogP contribution >= 0.6 is 0 Å². The van der Waals surface area contributed by atoms with E-state index in [1.54, 1.807) is 0 Å². The van der Waals surface area contributed by atoms with Gasteiger partial charge in [-0.25, -0.2) is 0 Å². The fourth-order valence-electron chi connectivity index (χ4n) is 3.25. The molecule has 0 bridgehead atoms. The average Bonchev–Trinajstić information content (AvgIpc) is 3.14. The molecule has 0 aliphatic carbocycles. The van der Waals surface area contributed by atoms with Crippen LogP contribution in [0.1, 0.15) is 27.2 Å². The Bertz CT molecular complexity index is 1110. The predicted octanol–water partition coefficient (Wildman–Crippen LogP) is 5.04. The standard InChI is InChI=1S/C23H20N2O2/c1-15-9-16(2)11-20(10-15)23(26)24-14-21-13-22(27-25-21)19-8-7-17-5-3-4-6-18(17)12-19/h3-13H,14H2,1-2H3,(H,24,26). The van der Waals surface area contributed by atoms with E-state index < -0.39 is 0 Å². The van der Waals surface area contributed by atoms with Gasteiger partial charge in [0.1, 0.15) is 5.69 Å². The Labute approximate surface area is 157 Å². The Kier molecular flexibility index (Phi) is 4.47. The summed E-state index contributed by atoms with van der Waals surface area (Å²) in [5.74, 6) is 0.577. The molecule has 0 spiro atoms. The molecule has 4 nitrogen and oxygen atoms in total. The van der Waals surface area contributed by atoms with Crippen LogP contribution in [0.5, 0.6) is 0 Å². The molecule has 1 amide bonds. The number of rotatable bonds is 4. The number of hydrogen-bond acceptors (Lipinski definition) is 3. The van der Waals surface area contributed by atoms with Crippen molar-refractivity contribution >= 4 is 16.7 Å². The van der Waals surface area contributed by atoms with E-state index in [-0.39, 0.29) is 5.91 Å². The van der Waals surface area contributed by atoms with Crippen molar-refractivity contribution in [3.05, 3.63) is 89.1 Å². The largest absolute Gasteiger partial charge is 0.356 e. The van der Waals surface area contributed by atoms with E-state index in [1.165, 1.54) is 5.39 Å². The number of fused-ring (bicyclic) bond motifs is 1. The molecule has 0 fully saturated rings. The van der Waals surface area contributed by atoms with Gasteiger partial charge in [0.15, 0.2) is 5.76 Å². The maximum atomic E-state index is 12.4. The van der Waals surface area contributed by atoms with Crippen LogP contribution in [0.2, 0.25) is 0 Å². The van der Waals surface area contributed by atoms with Gasteiger partial charge in [-0.05, 0) is 42.8 Å². The minimum absolute atomic E-state index is 0.114. The molecule has 0 radical (unpaired) electrons. The maximum absolute atomic E-state index is 12.4. The summed E-state index contributed by atoms with van der Waals surface area (Å²) in [6.07, 6.45) is 0. The average molecular weight is 356 g/mol. The Morgan fingerprint density at radius 1 is 0.926 bits per heavy atom. The van der Waals surface area contributed by atoms with Gasteiger partial charge in [0.05, 0.1) is 6.54 Å². The number of benzene rings is 3. The minimum atomic E-state index is -0.114. The molecule has 3 aromatic carbocycles. The van der Waals surface area contributed by atoms with Gasteiger partial charge in [0, 0.05) is 17.2 Å². The summed E-state index contributed by atoms with van der Waals surface area (Å²) in [6, 6.07) is 22.0. The number of aromatic nitrogens is 1. The summed E-state index contributed by atoms with van der Waals surface area (Å²) in [5, 5.41) is 9.32. The Hall–Kier alpha value is -3.40. The van der Waals surface area contributed by atoms with Crippen molar-refractivity contribution < 1.29 is 9.32 Å². The van der Waals surface area contributed by atoms with Crippen LogP contribution in [0.3, 0.4) is 0 Å². The summed E-state index contributed by atoms with van der Waals surface area (Å²) < 4.78 is 5.47. The van der Waals surface area contributed by atoms with Gasteiger partial charge in [0.25, 0.3) is 5.91 Å². The first-order valence-corrected chi connectivity index (χ1v) is 8.90. The van der Waals surface area contributed by atoms with Crippen molar-refractivity contribution in [1.29, 1.82) is 0 Å². The molecule has 4 aromatic rings. The van der Waals surface area contributed by atoms with Gasteiger partial charge >= 0.3 is 0 Å². The van der Waals surface area contributed by atoms with Gasteiger partial charge in [-0.2, -0.15) is 0 Å². The molecule has 4 rings (SSSR count). The van der Waals surface area contributed by atoms with Gasteiger partial charge in [-0.15, -0.1) is 0 Å².